The van der Waals surface area contributed by atoms with E-state index >= 15 is 0 Å². The van der Waals surface area contributed by atoms with Crippen molar-refractivity contribution in [3.05, 3.63) is 35.7 Å². The van der Waals surface area contributed by atoms with Crippen molar-refractivity contribution < 1.29 is 9.59 Å². The van der Waals surface area contributed by atoms with Crippen molar-refractivity contribution in [2.45, 2.75) is 33.6 Å². The summed E-state index contributed by atoms with van der Waals surface area (Å²) < 4.78 is 1.54. The molecule has 2 heterocycles. The molecule has 0 atom stereocenters. The topological polar surface area (TPSA) is 70.5 Å². The van der Waals surface area contributed by atoms with Crippen LogP contribution in [0.15, 0.2) is 24.3 Å². The number of hydrogen-bond donors (Lipinski definition) is 1. The fourth-order valence-electron chi connectivity index (χ4n) is 3.50. The van der Waals surface area contributed by atoms with Crippen LogP contribution in [0.3, 0.4) is 0 Å². The maximum absolute atomic E-state index is 13.4. The summed E-state index contributed by atoms with van der Waals surface area (Å²) in [7, 11) is 1.73. The summed E-state index contributed by atoms with van der Waals surface area (Å²) in [6, 6.07) is 7.40. The third kappa shape index (κ3) is 3.60. The van der Waals surface area contributed by atoms with Crippen LogP contribution in [0.25, 0.3) is 0 Å². The van der Waals surface area contributed by atoms with E-state index in [4.69, 9.17) is 0 Å². The van der Waals surface area contributed by atoms with Gasteiger partial charge in [0.15, 0.2) is 5.69 Å². The van der Waals surface area contributed by atoms with Crippen LogP contribution in [0.5, 0.6) is 0 Å². The number of benzene rings is 1. The van der Waals surface area contributed by atoms with Crippen molar-refractivity contribution >= 4 is 28.9 Å². The molecule has 3 rings (SSSR count). The zero-order chi connectivity index (χ0) is 19.6. The molecule has 7 heteroatoms. The predicted octanol–water partition coefficient (Wildman–Crippen LogP) is 3.08. The Hall–Kier alpha value is -2.67. The largest absolute Gasteiger partial charge is 0.319 e. The van der Waals surface area contributed by atoms with Crippen molar-refractivity contribution in [2.75, 3.05) is 29.9 Å². The molecule has 144 valence electrons. The Kier molecular flexibility index (Phi) is 5.60. The lowest BCUT2D eigenvalue weighted by Crippen LogP contribution is -2.39. The Bertz CT molecular complexity index is 858. The Balaban J connectivity index is 2.06. The molecule has 0 radical (unpaired) electrons. The Morgan fingerprint density at radius 2 is 2.00 bits per heavy atom. The smallest absolute Gasteiger partial charge is 0.276 e. The molecule has 1 aromatic heterocycles. The fourth-order valence-corrected chi connectivity index (χ4v) is 3.50. The van der Waals surface area contributed by atoms with Crippen LogP contribution in [0.1, 0.15) is 42.9 Å². The maximum atomic E-state index is 13.4. The molecule has 0 spiro atoms. The van der Waals surface area contributed by atoms with Crippen LogP contribution in [0.4, 0.5) is 17.1 Å². The van der Waals surface area contributed by atoms with Crippen LogP contribution in [-0.4, -0.2) is 46.1 Å². The minimum Gasteiger partial charge on any atom is -0.319 e. The van der Waals surface area contributed by atoms with E-state index in [1.54, 1.807) is 16.6 Å². The van der Waals surface area contributed by atoms with Gasteiger partial charge >= 0.3 is 0 Å². The lowest BCUT2D eigenvalue weighted by molar-refractivity contribution is -0.119. The highest BCUT2D eigenvalue weighted by Crippen LogP contribution is 2.39. The first-order valence-corrected chi connectivity index (χ1v) is 9.47. The number of likely N-dealkylation sites (N-methyl/N-ethyl adjacent to an activating group) is 1. The number of aromatic nitrogens is 2. The van der Waals surface area contributed by atoms with E-state index in [0.29, 0.717) is 35.0 Å². The average molecular weight is 369 g/mol. The summed E-state index contributed by atoms with van der Waals surface area (Å²) in [6.45, 7) is 8.01. The summed E-state index contributed by atoms with van der Waals surface area (Å²) in [6.07, 6.45) is 2.14. The van der Waals surface area contributed by atoms with E-state index in [1.807, 2.05) is 31.2 Å². The summed E-state index contributed by atoms with van der Waals surface area (Å²) in [5.74, 6) is -0.316. The zero-order valence-corrected chi connectivity index (χ0v) is 16.5. The molecule has 1 aromatic carbocycles. The first-order valence-electron chi connectivity index (χ1n) is 9.47. The molecule has 0 aliphatic carbocycles. The molecule has 0 saturated heterocycles. The molecule has 1 N–H and O–H groups in total. The lowest BCUT2D eigenvalue weighted by Gasteiger charge is -2.27. The van der Waals surface area contributed by atoms with Gasteiger partial charge in [-0.3, -0.25) is 24.1 Å². The molecular formula is C20H27N5O2. The molecule has 0 fully saturated rings. The number of nitrogens with one attached hydrogen (secondary N) is 1. The number of carbonyl (C=O) groups is 2. The van der Waals surface area contributed by atoms with Gasteiger partial charge in [-0.05, 0) is 38.6 Å². The third-order valence-corrected chi connectivity index (χ3v) is 4.91. The van der Waals surface area contributed by atoms with Crippen molar-refractivity contribution in [3.8, 4) is 0 Å². The van der Waals surface area contributed by atoms with Crippen LogP contribution < -0.4 is 10.2 Å². The van der Waals surface area contributed by atoms with Crippen LogP contribution in [0, 0.1) is 6.92 Å². The highest BCUT2D eigenvalue weighted by atomic mass is 16.2. The number of hydrogen-bond acceptors (Lipinski definition) is 4. The molecule has 0 bridgehead atoms. The van der Waals surface area contributed by atoms with Gasteiger partial charge in [0.1, 0.15) is 5.69 Å². The zero-order valence-electron chi connectivity index (χ0n) is 16.5. The quantitative estimate of drug-likeness (QED) is 0.849. The van der Waals surface area contributed by atoms with Gasteiger partial charge in [-0.15, -0.1) is 0 Å². The molecule has 2 amide bonds. The van der Waals surface area contributed by atoms with Gasteiger partial charge in [0, 0.05) is 7.05 Å². The summed E-state index contributed by atoms with van der Waals surface area (Å²) >= 11 is 0. The van der Waals surface area contributed by atoms with Crippen LogP contribution >= 0.6 is 0 Å². The minimum atomic E-state index is -0.255. The van der Waals surface area contributed by atoms with E-state index in [1.165, 1.54) is 0 Å². The number of carbonyl (C=O) groups excluding carboxylic acids is 2. The van der Waals surface area contributed by atoms with Crippen molar-refractivity contribution in [2.24, 2.45) is 7.05 Å². The van der Waals surface area contributed by atoms with E-state index in [9.17, 15) is 9.59 Å². The molecule has 2 aromatic rings. The molecule has 1 aliphatic rings. The molecule has 1 aliphatic heterocycles. The van der Waals surface area contributed by atoms with Gasteiger partial charge in [-0.1, -0.05) is 32.4 Å². The Labute approximate surface area is 159 Å². The SMILES string of the molecule is CCCCN(CC)CC(=O)N1c2ccccc2NC(=O)c2c1c(C)nn2C. The minimum absolute atomic E-state index is 0.0609. The maximum Gasteiger partial charge on any atom is 0.276 e. The normalized spacial score (nSPS) is 13.2. The standard InChI is InChI=1S/C20H27N5O2/c1-5-7-12-24(6-2)13-17(26)25-16-11-9-8-10-15(16)21-20(27)19-18(25)14(3)22-23(19)4/h8-11H,5-7,12-13H2,1-4H3,(H,21,27). The Morgan fingerprint density at radius 1 is 1.26 bits per heavy atom. The second-order valence-electron chi connectivity index (χ2n) is 6.83. The molecule has 7 nitrogen and oxygen atoms in total. The number of anilines is 3. The second kappa shape index (κ2) is 7.92. The van der Waals surface area contributed by atoms with E-state index in [0.717, 1.165) is 25.9 Å². The van der Waals surface area contributed by atoms with Crippen molar-refractivity contribution in [1.29, 1.82) is 0 Å². The number of fused-ring (bicyclic) bond motifs is 2. The van der Waals surface area contributed by atoms with Gasteiger partial charge in [0.05, 0.1) is 23.6 Å². The monoisotopic (exact) mass is 369 g/mol. The lowest BCUT2D eigenvalue weighted by atomic mass is 10.2. The average Bonchev–Trinajstić information content (AvgIpc) is 2.85. The van der Waals surface area contributed by atoms with Crippen molar-refractivity contribution in [3.63, 3.8) is 0 Å². The first kappa shape index (κ1) is 19.1. The van der Waals surface area contributed by atoms with E-state index in [2.05, 4.69) is 29.2 Å². The fraction of sp³-hybridized carbons (Fsp3) is 0.450. The molecule has 0 saturated carbocycles. The number of aryl methyl sites for hydroxylation is 2. The highest BCUT2D eigenvalue weighted by Gasteiger charge is 2.34. The van der Waals surface area contributed by atoms with Crippen LogP contribution in [-0.2, 0) is 11.8 Å². The number of unbranched alkanes of at least 4 members (excludes halogenated alkanes) is 1. The summed E-state index contributed by atoms with van der Waals surface area (Å²) in [4.78, 5) is 29.9. The van der Waals surface area contributed by atoms with Gasteiger partial charge in [0.25, 0.3) is 5.91 Å². The number of para-hydroxylation sites is 2. The third-order valence-electron chi connectivity index (χ3n) is 4.91. The van der Waals surface area contributed by atoms with Crippen molar-refractivity contribution in [1.82, 2.24) is 14.7 Å². The van der Waals surface area contributed by atoms with Gasteiger partial charge < -0.3 is 5.32 Å². The number of nitrogens with zero attached hydrogens (tertiary/aromatic N) is 4. The molecule has 0 unspecified atom stereocenters. The van der Waals surface area contributed by atoms with Gasteiger partial charge in [-0.2, -0.15) is 5.10 Å². The first-order chi connectivity index (χ1) is 13.0. The summed E-state index contributed by atoms with van der Waals surface area (Å²) in [5.41, 5.74) is 2.93. The Morgan fingerprint density at radius 3 is 2.70 bits per heavy atom. The second-order valence-corrected chi connectivity index (χ2v) is 6.83. The van der Waals surface area contributed by atoms with E-state index in [-0.39, 0.29) is 11.8 Å². The predicted molar refractivity (Wildman–Crippen MR) is 107 cm³/mol. The van der Waals surface area contributed by atoms with Crippen LogP contribution in [0.2, 0.25) is 0 Å². The molecule has 27 heavy (non-hydrogen) atoms. The van der Waals surface area contributed by atoms with Gasteiger partial charge in [-0.25, -0.2) is 0 Å². The highest BCUT2D eigenvalue weighted by molar-refractivity contribution is 6.17. The number of rotatable bonds is 6. The van der Waals surface area contributed by atoms with Gasteiger partial charge in [0.2, 0.25) is 5.91 Å². The summed E-state index contributed by atoms with van der Waals surface area (Å²) in [5, 5.41) is 7.30. The van der Waals surface area contributed by atoms with E-state index < -0.39 is 0 Å². The number of amides is 2. The molecular weight excluding hydrogens is 342 g/mol.